The molecule has 13 nitrogen and oxygen atoms in total. The molecule has 1 heterocycles. The van der Waals surface area contributed by atoms with Crippen LogP contribution in [0.15, 0.2) is 63.5 Å². The van der Waals surface area contributed by atoms with Gasteiger partial charge in [0.15, 0.2) is 0 Å². The van der Waals surface area contributed by atoms with E-state index in [1.54, 1.807) is 6.92 Å². The van der Waals surface area contributed by atoms with Gasteiger partial charge in [0.25, 0.3) is 11.4 Å². The highest BCUT2D eigenvalue weighted by molar-refractivity contribution is 5.53. The Labute approximate surface area is 162 Å². The Hall–Kier alpha value is -4.42. The third-order valence-corrected chi connectivity index (χ3v) is 3.84. The Kier molecular flexibility index (Phi) is 5.39. The molecule has 2 aromatic carbocycles. The molecule has 3 rings (SSSR count). The minimum absolute atomic E-state index is 0.120. The predicted molar refractivity (Wildman–Crippen MR) is 97.1 cm³/mol. The van der Waals surface area contributed by atoms with Crippen molar-refractivity contribution in [2.24, 2.45) is 10.3 Å². The van der Waals surface area contributed by atoms with E-state index in [1.165, 1.54) is 53.5 Å². The van der Waals surface area contributed by atoms with E-state index < -0.39 is 9.85 Å². The summed E-state index contributed by atoms with van der Waals surface area (Å²) in [6, 6.07) is 11.0. The maximum Gasteiger partial charge on any atom is 0.271 e. The number of nitrogens with zero attached hydrogens (tertiary/aromatic N) is 7. The highest BCUT2D eigenvalue weighted by Gasteiger charge is 2.20. The van der Waals surface area contributed by atoms with E-state index in [1.807, 2.05) is 0 Å². The molecule has 13 heteroatoms. The smallest absolute Gasteiger partial charge is 0.271 e. The molecule has 0 atom stereocenters. The first-order valence-electron chi connectivity index (χ1n) is 8.08. The second-order valence-electron chi connectivity index (χ2n) is 5.76. The van der Waals surface area contributed by atoms with Gasteiger partial charge in [-0.15, -0.1) is 5.11 Å². The molecule has 148 valence electrons. The molecule has 0 aliphatic carbocycles. The van der Waals surface area contributed by atoms with Gasteiger partial charge in [0.1, 0.15) is 6.54 Å². The van der Waals surface area contributed by atoms with Crippen LogP contribution in [0.2, 0.25) is 0 Å². The van der Waals surface area contributed by atoms with Gasteiger partial charge in [-0.2, -0.15) is 0 Å². The van der Waals surface area contributed by atoms with Crippen molar-refractivity contribution in [3.63, 3.8) is 0 Å². The molecule has 0 bridgehead atoms. The van der Waals surface area contributed by atoms with E-state index in [4.69, 9.17) is 0 Å². The molecule has 29 heavy (non-hydrogen) atoms. The Balaban J connectivity index is 1.98. The number of hydrogen-bond acceptors (Lipinski definition) is 9. The number of hydrogen-bond donors (Lipinski definition) is 0. The van der Waals surface area contributed by atoms with Gasteiger partial charge in [-0.3, -0.25) is 24.9 Å². The lowest BCUT2D eigenvalue weighted by Crippen LogP contribution is -2.32. The van der Waals surface area contributed by atoms with Crippen LogP contribution in [0.1, 0.15) is 11.4 Å². The van der Waals surface area contributed by atoms with Crippen LogP contribution < -0.4 is 9.91 Å². The van der Waals surface area contributed by atoms with Gasteiger partial charge >= 0.3 is 0 Å². The van der Waals surface area contributed by atoms with Crippen LogP contribution >= 0.6 is 0 Å². The summed E-state index contributed by atoms with van der Waals surface area (Å²) in [4.78, 5) is 21.0. The van der Waals surface area contributed by atoms with Crippen LogP contribution in [-0.4, -0.2) is 15.0 Å². The van der Waals surface area contributed by atoms with Crippen molar-refractivity contribution >= 4 is 22.7 Å². The molecule has 0 unspecified atom stereocenters. The van der Waals surface area contributed by atoms with E-state index in [2.05, 4.69) is 20.1 Å². The fourth-order valence-electron chi connectivity index (χ4n) is 2.36. The van der Waals surface area contributed by atoms with Gasteiger partial charge in [0.2, 0.25) is 11.4 Å². The molecule has 0 N–H and O–H groups in total. The van der Waals surface area contributed by atoms with Gasteiger partial charge < -0.3 is 5.21 Å². The normalized spacial score (nSPS) is 10.9. The number of anilines is 1. The molecule has 3 aromatic rings. The average molecular weight is 399 g/mol. The lowest BCUT2D eigenvalue weighted by molar-refractivity contribution is -0.807. The molecule has 0 amide bonds. The highest BCUT2D eigenvalue weighted by atomic mass is 16.8. The molecule has 0 aliphatic heterocycles. The maximum absolute atomic E-state index is 11.8. The summed E-state index contributed by atoms with van der Waals surface area (Å²) in [5.41, 5.74) is 0.529. The Bertz CT molecular complexity index is 1080. The molecule has 1 aromatic heterocycles. The van der Waals surface area contributed by atoms with E-state index in [-0.39, 0.29) is 39.9 Å². The molecule has 0 aliphatic rings. The van der Waals surface area contributed by atoms with Crippen molar-refractivity contribution < 1.29 is 19.4 Å². The monoisotopic (exact) mass is 399 g/mol. The second kappa shape index (κ2) is 8.08. The van der Waals surface area contributed by atoms with Crippen LogP contribution in [0.5, 0.6) is 0 Å². The zero-order valence-corrected chi connectivity index (χ0v) is 14.9. The standard InChI is InChI=1S/C16H13N7O6/c1-11-16(23(28)29-18-11)10-20(13-5-3-7-15(9-13)22(26)27)19-17-12-4-2-6-14(8-12)21(24)25/h2-9H,10H2,1H3. The lowest BCUT2D eigenvalue weighted by atomic mass is 10.2. The molecule has 0 spiro atoms. The van der Waals surface area contributed by atoms with Crippen molar-refractivity contribution in [1.29, 1.82) is 0 Å². The summed E-state index contributed by atoms with van der Waals surface area (Å²) in [5.74, 6) is 0. The fraction of sp³-hybridized carbons (Fsp3) is 0.125. The predicted octanol–water partition coefficient (Wildman–Crippen LogP) is 3.14. The number of aryl methyl sites for hydroxylation is 1. The zero-order valence-electron chi connectivity index (χ0n) is 14.9. The van der Waals surface area contributed by atoms with E-state index >= 15 is 0 Å². The summed E-state index contributed by atoms with van der Waals surface area (Å²) >= 11 is 0. The summed E-state index contributed by atoms with van der Waals surface area (Å²) in [7, 11) is 0. The first-order chi connectivity index (χ1) is 13.8. The third kappa shape index (κ3) is 4.47. The zero-order chi connectivity index (χ0) is 21.0. The van der Waals surface area contributed by atoms with Crippen molar-refractivity contribution in [3.05, 3.63) is 85.4 Å². The number of non-ortho nitro benzene ring substituents is 2. The van der Waals surface area contributed by atoms with E-state index in [9.17, 15) is 25.4 Å². The summed E-state index contributed by atoms with van der Waals surface area (Å²) in [6.45, 7) is 1.40. The molecule has 0 radical (unpaired) electrons. The van der Waals surface area contributed by atoms with Gasteiger partial charge in [-0.05, 0) is 17.0 Å². The highest BCUT2D eigenvalue weighted by Crippen LogP contribution is 2.25. The first-order valence-corrected chi connectivity index (χ1v) is 8.08. The molecular formula is C16H13N7O6. The van der Waals surface area contributed by atoms with Crippen LogP contribution in [0.25, 0.3) is 0 Å². The number of benzene rings is 2. The molecule has 0 fully saturated rings. The quantitative estimate of drug-likeness (QED) is 0.253. The lowest BCUT2D eigenvalue weighted by Gasteiger charge is -2.16. The molecule has 0 saturated carbocycles. The fourth-order valence-corrected chi connectivity index (χ4v) is 2.36. The van der Waals surface area contributed by atoms with E-state index in [0.29, 0.717) is 5.69 Å². The number of nitro benzene ring substituents is 2. The number of nitro groups is 2. The maximum atomic E-state index is 11.8. The first kappa shape index (κ1) is 19.3. The minimum atomic E-state index is -0.572. The van der Waals surface area contributed by atoms with Gasteiger partial charge in [-0.25, -0.2) is 5.01 Å². The van der Waals surface area contributed by atoms with Gasteiger partial charge in [-0.1, -0.05) is 17.4 Å². The van der Waals surface area contributed by atoms with Crippen LogP contribution in [0.3, 0.4) is 0 Å². The van der Waals surface area contributed by atoms with Crippen molar-refractivity contribution in [3.8, 4) is 0 Å². The van der Waals surface area contributed by atoms with Gasteiger partial charge in [0, 0.05) is 36.3 Å². The second-order valence-corrected chi connectivity index (χ2v) is 5.76. The van der Waals surface area contributed by atoms with Gasteiger partial charge in [0.05, 0.1) is 21.2 Å². The van der Waals surface area contributed by atoms with Crippen molar-refractivity contribution in [2.75, 3.05) is 5.01 Å². The SMILES string of the molecule is Cc1no[n+]([O-])c1CN(N=Nc1cccc([N+](=O)[O-])c1)c1cccc([N+](=O)[O-])c1. The number of aromatic nitrogens is 2. The topological polar surface area (TPSA) is 167 Å². The minimum Gasteiger partial charge on any atom is -0.359 e. The van der Waals surface area contributed by atoms with Crippen molar-refractivity contribution in [1.82, 2.24) is 5.16 Å². The largest absolute Gasteiger partial charge is 0.359 e. The number of rotatable bonds is 7. The Morgan fingerprint density at radius 1 is 1.10 bits per heavy atom. The summed E-state index contributed by atoms with van der Waals surface area (Å²) < 4.78 is 4.53. The molecule has 0 saturated heterocycles. The van der Waals surface area contributed by atoms with Crippen LogP contribution in [0.4, 0.5) is 22.7 Å². The Morgan fingerprint density at radius 3 is 2.38 bits per heavy atom. The van der Waals surface area contributed by atoms with Crippen LogP contribution in [0, 0.1) is 32.4 Å². The van der Waals surface area contributed by atoms with Crippen LogP contribution in [-0.2, 0) is 6.54 Å². The van der Waals surface area contributed by atoms with E-state index in [0.717, 1.165) is 0 Å². The third-order valence-electron chi connectivity index (χ3n) is 3.84. The van der Waals surface area contributed by atoms with Crippen molar-refractivity contribution in [2.45, 2.75) is 13.5 Å². The molecular weight excluding hydrogens is 386 g/mol. The average Bonchev–Trinajstić information content (AvgIpc) is 3.03. The summed E-state index contributed by atoms with van der Waals surface area (Å²) in [6.07, 6.45) is 0. The Morgan fingerprint density at radius 2 is 1.76 bits per heavy atom. The summed E-state index contributed by atoms with van der Waals surface area (Å²) in [5, 5.41) is 46.5.